The van der Waals surface area contributed by atoms with Gasteiger partial charge in [0.1, 0.15) is 5.60 Å². The molecule has 1 aromatic carbocycles. The molecular formula is C25H26N4O5S. The van der Waals surface area contributed by atoms with Crippen LogP contribution < -0.4 is 10.2 Å². The van der Waals surface area contributed by atoms with Gasteiger partial charge in [-0.3, -0.25) is 19.7 Å². The zero-order valence-corrected chi connectivity index (χ0v) is 20.7. The lowest BCUT2D eigenvalue weighted by atomic mass is 10.2. The summed E-state index contributed by atoms with van der Waals surface area (Å²) in [5, 5.41) is 4.66. The third-order valence-corrected chi connectivity index (χ3v) is 5.95. The van der Waals surface area contributed by atoms with Gasteiger partial charge in [0.25, 0.3) is 11.8 Å². The first kappa shape index (κ1) is 24.2. The number of carbonyl (C=O) groups is 3. The molecule has 182 valence electrons. The molecule has 0 unspecified atom stereocenters. The Labute approximate surface area is 206 Å². The molecule has 1 N–H and O–H groups in total. The summed E-state index contributed by atoms with van der Waals surface area (Å²) in [7, 11) is 1.64. The average molecular weight is 495 g/mol. The summed E-state index contributed by atoms with van der Waals surface area (Å²) >= 11 is 1.32. The fourth-order valence-electron chi connectivity index (χ4n) is 3.50. The number of ether oxygens (including phenoxy) is 1. The zero-order chi connectivity index (χ0) is 25.2. The van der Waals surface area contributed by atoms with E-state index in [1.54, 1.807) is 54.1 Å². The molecule has 3 heterocycles. The minimum Gasteiger partial charge on any atom is -0.460 e. The molecule has 0 saturated carbocycles. The number of rotatable bonds is 7. The van der Waals surface area contributed by atoms with Crippen molar-refractivity contribution in [2.24, 2.45) is 0 Å². The molecule has 10 heteroatoms. The van der Waals surface area contributed by atoms with Crippen molar-refractivity contribution in [3.8, 4) is 0 Å². The Kier molecular flexibility index (Phi) is 6.74. The van der Waals surface area contributed by atoms with Crippen molar-refractivity contribution in [3.63, 3.8) is 0 Å². The maximum absolute atomic E-state index is 12.7. The topological polar surface area (TPSA) is 107 Å². The number of aromatic nitrogens is 2. The summed E-state index contributed by atoms with van der Waals surface area (Å²) in [5.41, 5.74) is 1.28. The van der Waals surface area contributed by atoms with E-state index in [-0.39, 0.29) is 36.5 Å². The molecule has 0 fully saturated rings. The van der Waals surface area contributed by atoms with Gasteiger partial charge in [-0.05, 0) is 62.5 Å². The highest BCUT2D eigenvalue weighted by Gasteiger charge is 2.21. The second-order valence-corrected chi connectivity index (χ2v) is 9.82. The monoisotopic (exact) mass is 494 g/mol. The summed E-state index contributed by atoms with van der Waals surface area (Å²) in [4.78, 5) is 44.3. The number of carbonyl (C=O) groups excluding carboxylic acids is 3. The van der Waals surface area contributed by atoms with Crippen LogP contribution in [0.2, 0.25) is 0 Å². The van der Waals surface area contributed by atoms with Crippen LogP contribution in [-0.2, 0) is 16.1 Å². The van der Waals surface area contributed by atoms with E-state index in [1.807, 2.05) is 26.2 Å². The van der Waals surface area contributed by atoms with Gasteiger partial charge in [0, 0.05) is 19.3 Å². The molecule has 35 heavy (non-hydrogen) atoms. The number of thiophene rings is 1. The first-order valence-corrected chi connectivity index (χ1v) is 11.9. The number of hydrogen-bond acceptors (Lipinski definition) is 7. The van der Waals surface area contributed by atoms with Crippen LogP contribution in [-0.4, -0.2) is 40.0 Å². The van der Waals surface area contributed by atoms with Crippen molar-refractivity contribution in [2.45, 2.75) is 39.3 Å². The van der Waals surface area contributed by atoms with Crippen molar-refractivity contribution in [1.82, 2.24) is 9.55 Å². The number of aryl methyl sites for hydroxylation is 1. The van der Waals surface area contributed by atoms with Gasteiger partial charge in [-0.2, -0.15) is 0 Å². The van der Waals surface area contributed by atoms with Gasteiger partial charge in [-0.15, -0.1) is 11.3 Å². The molecule has 2 amide bonds. The highest BCUT2D eigenvalue weighted by Crippen LogP contribution is 2.27. The predicted octanol–water partition coefficient (Wildman–Crippen LogP) is 4.95. The fourth-order valence-corrected chi connectivity index (χ4v) is 4.12. The zero-order valence-electron chi connectivity index (χ0n) is 19.9. The number of esters is 1. The molecule has 0 atom stereocenters. The van der Waals surface area contributed by atoms with Crippen molar-refractivity contribution >= 4 is 51.8 Å². The predicted molar refractivity (Wildman–Crippen MR) is 134 cm³/mol. The Bertz CT molecular complexity index is 1350. The number of nitrogens with one attached hydrogen (secondary N) is 1. The number of benzene rings is 1. The smallest absolute Gasteiger partial charge is 0.308 e. The minimum atomic E-state index is -0.593. The Balaban J connectivity index is 1.65. The summed E-state index contributed by atoms with van der Waals surface area (Å²) in [6.45, 7) is 5.69. The number of hydrogen-bond donors (Lipinski definition) is 1. The summed E-state index contributed by atoms with van der Waals surface area (Å²) in [6, 6.07) is 12.1. The Hall–Kier alpha value is -3.92. The third-order valence-electron chi connectivity index (χ3n) is 5.09. The van der Waals surface area contributed by atoms with E-state index in [4.69, 9.17) is 9.15 Å². The van der Waals surface area contributed by atoms with E-state index in [2.05, 4.69) is 10.3 Å². The number of furan rings is 1. The highest BCUT2D eigenvalue weighted by atomic mass is 32.1. The molecule has 0 bridgehead atoms. The first-order chi connectivity index (χ1) is 16.6. The number of amides is 2. The van der Waals surface area contributed by atoms with Crippen LogP contribution >= 0.6 is 11.3 Å². The van der Waals surface area contributed by atoms with Gasteiger partial charge in [0.2, 0.25) is 5.95 Å². The van der Waals surface area contributed by atoms with Crippen LogP contribution in [0, 0.1) is 0 Å². The van der Waals surface area contributed by atoms with Gasteiger partial charge < -0.3 is 18.6 Å². The molecule has 4 rings (SSSR count). The van der Waals surface area contributed by atoms with Crippen LogP contribution in [0.25, 0.3) is 11.0 Å². The van der Waals surface area contributed by atoms with Crippen LogP contribution in [0.4, 0.5) is 11.6 Å². The van der Waals surface area contributed by atoms with Crippen LogP contribution in [0.5, 0.6) is 0 Å². The highest BCUT2D eigenvalue weighted by molar-refractivity contribution is 7.12. The van der Waals surface area contributed by atoms with E-state index in [0.29, 0.717) is 27.5 Å². The fraction of sp³-hybridized carbons (Fsp3) is 0.280. The van der Waals surface area contributed by atoms with Gasteiger partial charge in [0.05, 0.1) is 28.6 Å². The van der Waals surface area contributed by atoms with E-state index < -0.39 is 5.60 Å². The Morgan fingerprint density at radius 2 is 1.97 bits per heavy atom. The van der Waals surface area contributed by atoms with E-state index in [1.165, 1.54) is 22.5 Å². The third kappa shape index (κ3) is 5.60. The summed E-state index contributed by atoms with van der Waals surface area (Å²) in [5.74, 6) is -0.419. The summed E-state index contributed by atoms with van der Waals surface area (Å²) in [6.07, 6.45) is 1.54. The molecule has 0 aliphatic carbocycles. The van der Waals surface area contributed by atoms with Crippen molar-refractivity contribution < 1.29 is 23.5 Å². The molecule has 9 nitrogen and oxygen atoms in total. The van der Waals surface area contributed by atoms with Gasteiger partial charge in [-0.25, -0.2) is 4.98 Å². The lowest BCUT2D eigenvalue weighted by Crippen LogP contribution is -2.25. The standard InChI is InChI=1S/C25H26N4O5S/c1-25(2,3)34-21(30)11-12-29-18-10-9-16(28(4)23(32)19-7-5-13-33-19)15-17(18)26-24(29)27-22(31)20-8-6-14-35-20/h5-10,13-15H,11-12H2,1-4H3,(H,26,27,31). The Morgan fingerprint density at radius 1 is 1.17 bits per heavy atom. The molecule has 0 aliphatic rings. The van der Waals surface area contributed by atoms with Gasteiger partial charge in [0.15, 0.2) is 5.76 Å². The summed E-state index contributed by atoms with van der Waals surface area (Å²) < 4.78 is 12.4. The number of nitrogens with zero attached hydrogens (tertiary/aromatic N) is 3. The molecule has 4 aromatic rings. The Morgan fingerprint density at radius 3 is 2.63 bits per heavy atom. The second-order valence-electron chi connectivity index (χ2n) is 8.87. The lowest BCUT2D eigenvalue weighted by Gasteiger charge is -2.19. The van der Waals surface area contributed by atoms with Gasteiger partial charge in [-0.1, -0.05) is 6.07 Å². The minimum absolute atomic E-state index is 0.100. The maximum atomic E-state index is 12.7. The van der Waals surface area contributed by atoms with Crippen molar-refractivity contribution in [3.05, 3.63) is 64.7 Å². The van der Waals surface area contributed by atoms with Crippen LogP contribution in [0.15, 0.2) is 58.5 Å². The first-order valence-electron chi connectivity index (χ1n) is 11.0. The number of anilines is 2. The van der Waals surface area contributed by atoms with E-state index >= 15 is 0 Å². The van der Waals surface area contributed by atoms with E-state index in [9.17, 15) is 14.4 Å². The maximum Gasteiger partial charge on any atom is 0.308 e. The molecule has 0 radical (unpaired) electrons. The largest absolute Gasteiger partial charge is 0.460 e. The second kappa shape index (κ2) is 9.75. The molecular weight excluding hydrogens is 468 g/mol. The molecule has 0 spiro atoms. The molecule has 0 aliphatic heterocycles. The van der Waals surface area contributed by atoms with Crippen LogP contribution in [0.1, 0.15) is 47.4 Å². The SMILES string of the molecule is CN(C(=O)c1ccco1)c1ccc2c(c1)nc(NC(=O)c1cccs1)n2CCC(=O)OC(C)(C)C. The van der Waals surface area contributed by atoms with Crippen molar-refractivity contribution in [1.29, 1.82) is 0 Å². The molecule has 0 saturated heterocycles. The quantitative estimate of drug-likeness (QED) is 0.364. The normalized spacial score (nSPS) is 11.4. The van der Waals surface area contributed by atoms with Crippen LogP contribution in [0.3, 0.4) is 0 Å². The lowest BCUT2D eigenvalue weighted by molar-refractivity contribution is -0.155. The molecule has 3 aromatic heterocycles. The number of imidazole rings is 1. The van der Waals surface area contributed by atoms with Crippen molar-refractivity contribution in [2.75, 3.05) is 17.3 Å². The average Bonchev–Trinajstić information content (AvgIpc) is 3.56. The van der Waals surface area contributed by atoms with Gasteiger partial charge >= 0.3 is 5.97 Å². The van der Waals surface area contributed by atoms with E-state index in [0.717, 1.165) is 0 Å². The number of fused-ring (bicyclic) bond motifs is 1.